The molecule has 7 heteroatoms. The van der Waals surface area contributed by atoms with Gasteiger partial charge in [0.1, 0.15) is 24.6 Å². The molecule has 0 aliphatic carbocycles. The summed E-state index contributed by atoms with van der Waals surface area (Å²) in [6.07, 6.45) is 1.65. The molecule has 142 valence electrons. The fourth-order valence-corrected chi connectivity index (χ4v) is 3.61. The van der Waals surface area contributed by atoms with Gasteiger partial charge in [-0.1, -0.05) is 6.07 Å². The van der Waals surface area contributed by atoms with E-state index in [4.69, 9.17) is 13.9 Å². The van der Waals surface area contributed by atoms with Gasteiger partial charge in [0.2, 0.25) is 0 Å². The average Bonchev–Trinajstić information content (AvgIpc) is 3.36. The van der Waals surface area contributed by atoms with Crippen molar-refractivity contribution >= 4 is 22.9 Å². The molecule has 3 rings (SSSR count). The molecule has 2 aromatic heterocycles. The Morgan fingerprint density at radius 3 is 2.70 bits per heavy atom. The van der Waals surface area contributed by atoms with E-state index in [0.29, 0.717) is 30.3 Å². The van der Waals surface area contributed by atoms with Crippen LogP contribution in [0.5, 0.6) is 11.5 Å². The Hall–Kier alpha value is -2.77. The van der Waals surface area contributed by atoms with Crippen LogP contribution in [0.3, 0.4) is 0 Å². The normalized spacial score (nSPS) is 11.8. The molecule has 1 atom stereocenters. The van der Waals surface area contributed by atoms with Crippen molar-refractivity contribution in [2.24, 2.45) is 0 Å². The summed E-state index contributed by atoms with van der Waals surface area (Å²) in [6, 6.07) is 13.2. The van der Waals surface area contributed by atoms with Gasteiger partial charge in [-0.25, -0.2) is 0 Å². The van der Waals surface area contributed by atoms with Crippen LogP contribution in [0.15, 0.2) is 58.5 Å². The third-order valence-electron chi connectivity index (χ3n) is 4.10. The Balaban J connectivity index is 1.68. The fraction of sp³-hybridized carbons (Fsp3) is 0.250. The number of carbonyl (C=O) groups is 1. The van der Waals surface area contributed by atoms with E-state index in [1.54, 1.807) is 50.0 Å². The first-order valence-corrected chi connectivity index (χ1v) is 9.46. The number of quaternary nitrogens is 1. The lowest BCUT2D eigenvalue weighted by atomic mass is 10.2. The summed E-state index contributed by atoms with van der Waals surface area (Å²) < 4.78 is 16.0. The third kappa shape index (κ3) is 5.35. The van der Waals surface area contributed by atoms with Crippen LogP contribution >= 0.6 is 11.3 Å². The summed E-state index contributed by atoms with van der Waals surface area (Å²) in [7, 11) is 3.16. The average molecular weight is 387 g/mol. The number of methoxy groups -OCH3 is 2. The number of hydrogen-bond donors (Lipinski definition) is 2. The van der Waals surface area contributed by atoms with Crippen LogP contribution in [0.1, 0.15) is 10.6 Å². The summed E-state index contributed by atoms with van der Waals surface area (Å²) in [5, 5.41) is 4.98. The number of hydrogen-bond acceptors (Lipinski definition) is 5. The number of benzene rings is 1. The molecule has 0 radical (unpaired) electrons. The highest BCUT2D eigenvalue weighted by Crippen LogP contribution is 2.28. The van der Waals surface area contributed by atoms with Crippen molar-refractivity contribution < 1.29 is 23.6 Å². The number of rotatable bonds is 9. The maximum Gasteiger partial charge on any atom is 0.279 e. The zero-order valence-electron chi connectivity index (χ0n) is 15.4. The summed E-state index contributed by atoms with van der Waals surface area (Å²) in [4.78, 5) is 15.0. The molecule has 0 bridgehead atoms. The molecule has 0 saturated carbocycles. The highest BCUT2D eigenvalue weighted by molar-refractivity contribution is 7.09. The van der Waals surface area contributed by atoms with Gasteiger partial charge in [0.25, 0.3) is 5.91 Å². The van der Waals surface area contributed by atoms with E-state index < -0.39 is 0 Å². The molecule has 0 saturated heterocycles. The van der Waals surface area contributed by atoms with Gasteiger partial charge in [-0.3, -0.25) is 4.79 Å². The second-order valence-electron chi connectivity index (χ2n) is 6.05. The van der Waals surface area contributed by atoms with Gasteiger partial charge in [0.05, 0.1) is 31.0 Å². The Kier molecular flexibility index (Phi) is 6.51. The molecule has 1 aromatic carbocycles. The lowest BCUT2D eigenvalue weighted by Gasteiger charge is -2.18. The monoisotopic (exact) mass is 387 g/mol. The molecule has 1 amide bonds. The van der Waals surface area contributed by atoms with E-state index >= 15 is 0 Å². The minimum absolute atomic E-state index is 0.0865. The number of carbonyl (C=O) groups excluding carboxylic acids is 1. The number of anilines is 1. The van der Waals surface area contributed by atoms with Crippen LogP contribution in [-0.4, -0.2) is 26.7 Å². The summed E-state index contributed by atoms with van der Waals surface area (Å²) in [5.74, 6) is 2.01. The quantitative estimate of drug-likeness (QED) is 0.592. The fourth-order valence-electron chi connectivity index (χ4n) is 2.83. The maximum absolute atomic E-state index is 12.7. The van der Waals surface area contributed by atoms with Crippen molar-refractivity contribution in [1.29, 1.82) is 0 Å². The topological polar surface area (TPSA) is 65.1 Å². The van der Waals surface area contributed by atoms with Crippen molar-refractivity contribution in [3.05, 3.63) is 64.7 Å². The molecular formula is C20H23N2O4S+. The lowest BCUT2D eigenvalue weighted by Crippen LogP contribution is -3.10. The van der Waals surface area contributed by atoms with Gasteiger partial charge in [0.15, 0.2) is 12.3 Å². The number of thiophene rings is 1. The number of amides is 1. The van der Waals surface area contributed by atoms with E-state index in [1.807, 2.05) is 23.6 Å². The van der Waals surface area contributed by atoms with Crippen molar-refractivity contribution in [2.75, 3.05) is 26.1 Å². The Morgan fingerprint density at radius 2 is 2.04 bits per heavy atom. The zero-order chi connectivity index (χ0) is 19.1. The Morgan fingerprint density at radius 1 is 1.15 bits per heavy atom. The van der Waals surface area contributed by atoms with E-state index in [0.717, 1.165) is 17.2 Å². The van der Waals surface area contributed by atoms with Gasteiger partial charge >= 0.3 is 0 Å². The molecule has 1 unspecified atom stereocenters. The number of ether oxygens (including phenoxy) is 2. The second kappa shape index (κ2) is 9.25. The third-order valence-corrected chi connectivity index (χ3v) is 4.98. The lowest BCUT2D eigenvalue weighted by molar-refractivity contribution is -0.920. The molecule has 27 heavy (non-hydrogen) atoms. The van der Waals surface area contributed by atoms with Crippen molar-refractivity contribution in [3.63, 3.8) is 0 Å². The van der Waals surface area contributed by atoms with Gasteiger partial charge in [-0.2, -0.15) is 0 Å². The van der Waals surface area contributed by atoms with Crippen LogP contribution in [0.25, 0.3) is 0 Å². The first-order valence-electron chi connectivity index (χ1n) is 8.58. The van der Waals surface area contributed by atoms with Crippen LogP contribution in [-0.2, 0) is 17.9 Å². The minimum atomic E-state index is -0.0865. The van der Waals surface area contributed by atoms with Crippen molar-refractivity contribution in [3.8, 4) is 11.5 Å². The van der Waals surface area contributed by atoms with Gasteiger partial charge in [0, 0.05) is 6.07 Å². The highest BCUT2D eigenvalue weighted by atomic mass is 32.1. The first-order chi connectivity index (χ1) is 13.2. The standard InChI is InChI=1S/C20H22N2O4S/c1-24-15-7-8-18(19(11-15)25-2)21-20(23)14-22(12-16-5-3-9-26-16)13-17-6-4-10-27-17/h3-11H,12-14H2,1-2H3,(H,21,23)/p+1. The molecule has 2 heterocycles. The molecule has 0 spiro atoms. The minimum Gasteiger partial charge on any atom is -0.497 e. The second-order valence-corrected chi connectivity index (χ2v) is 7.09. The van der Waals surface area contributed by atoms with E-state index in [9.17, 15) is 4.79 Å². The van der Waals surface area contributed by atoms with Crippen molar-refractivity contribution in [1.82, 2.24) is 0 Å². The smallest absolute Gasteiger partial charge is 0.279 e. The van der Waals surface area contributed by atoms with Crippen LogP contribution in [0.2, 0.25) is 0 Å². The SMILES string of the molecule is COc1ccc(NC(=O)C[NH+](Cc2ccco2)Cc2cccs2)c(OC)c1. The predicted octanol–water partition coefficient (Wildman–Crippen LogP) is 2.58. The summed E-state index contributed by atoms with van der Waals surface area (Å²) in [6.45, 7) is 1.71. The van der Waals surface area contributed by atoms with Crippen LogP contribution in [0.4, 0.5) is 5.69 Å². The largest absolute Gasteiger partial charge is 0.497 e. The molecular weight excluding hydrogens is 364 g/mol. The van der Waals surface area contributed by atoms with E-state index in [2.05, 4.69) is 11.4 Å². The van der Waals surface area contributed by atoms with Gasteiger partial charge in [-0.15, -0.1) is 11.3 Å². The number of furan rings is 1. The highest BCUT2D eigenvalue weighted by Gasteiger charge is 2.19. The van der Waals surface area contributed by atoms with Crippen LogP contribution < -0.4 is 19.7 Å². The molecule has 0 fully saturated rings. The van der Waals surface area contributed by atoms with Crippen molar-refractivity contribution in [2.45, 2.75) is 13.1 Å². The first kappa shape index (κ1) is 19.0. The Bertz CT molecular complexity index is 811. The molecule has 2 N–H and O–H groups in total. The summed E-state index contributed by atoms with van der Waals surface area (Å²) >= 11 is 1.69. The molecule has 0 aliphatic rings. The van der Waals surface area contributed by atoms with E-state index in [-0.39, 0.29) is 5.91 Å². The Labute approximate surface area is 162 Å². The zero-order valence-corrected chi connectivity index (χ0v) is 16.2. The van der Waals surface area contributed by atoms with Crippen LogP contribution in [0, 0.1) is 0 Å². The predicted molar refractivity (Wildman–Crippen MR) is 104 cm³/mol. The summed E-state index contributed by atoms with van der Waals surface area (Å²) in [5.41, 5.74) is 0.622. The molecule has 3 aromatic rings. The number of nitrogens with one attached hydrogen (secondary N) is 2. The molecule has 6 nitrogen and oxygen atoms in total. The maximum atomic E-state index is 12.7. The van der Waals surface area contributed by atoms with E-state index in [1.165, 1.54) is 4.88 Å². The van der Waals surface area contributed by atoms with Gasteiger partial charge in [-0.05, 0) is 35.7 Å². The van der Waals surface area contributed by atoms with Gasteiger partial charge < -0.3 is 24.1 Å². The molecule has 0 aliphatic heterocycles.